The summed E-state index contributed by atoms with van der Waals surface area (Å²) in [4.78, 5) is 28.2. The van der Waals surface area contributed by atoms with Gasteiger partial charge >= 0.3 is 11.8 Å². The highest BCUT2D eigenvalue weighted by Gasteiger charge is 2.31. The van der Waals surface area contributed by atoms with Crippen LogP contribution in [0.2, 0.25) is 0 Å². The van der Waals surface area contributed by atoms with E-state index in [0.717, 1.165) is 31.4 Å². The molecule has 10 nitrogen and oxygen atoms in total. The van der Waals surface area contributed by atoms with E-state index < -0.39 is 11.8 Å². The van der Waals surface area contributed by atoms with Crippen LogP contribution in [0.1, 0.15) is 43.2 Å². The van der Waals surface area contributed by atoms with Crippen molar-refractivity contribution < 1.29 is 19.1 Å². The molecular weight excluding hydrogens is 472 g/mol. The highest BCUT2D eigenvalue weighted by atomic mass is 16.5. The minimum Gasteiger partial charge on any atom is -0.494 e. The maximum atomic E-state index is 12.5. The molecule has 2 amide bonds. The molecule has 1 aliphatic rings. The van der Waals surface area contributed by atoms with E-state index in [-0.39, 0.29) is 11.7 Å². The number of nitrogen functional groups attached to an aromatic ring is 2. The highest BCUT2D eigenvalue weighted by molar-refractivity contribution is 6.35. The SMILES string of the molecule is N=C(N)c1ccc(OCCCCCCN2CCN(CCCOc3ccc(C(=N)N)cc3)C(=O)C2=O)cc1. The van der Waals surface area contributed by atoms with Gasteiger partial charge in [0.15, 0.2) is 0 Å². The second kappa shape index (κ2) is 13.9. The molecule has 0 aromatic heterocycles. The Kier molecular flexibility index (Phi) is 10.3. The monoisotopic (exact) mass is 508 g/mol. The van der Waals surface area contributed by atoms with Gasteiger partial charge in [0.25, 0.3) is 0 Å². The molecule has 0 bridgehead atoms. The van der Waals surface area contributed by atoms with Crippen LogP contribution in [-0.4, -0.2) is 72.7 Å². The minimum atomic E-state index is -0.443. The number of amidine groups is 2. The third-order valence-corrected chi connectivity index (χ3v) is 6.16. The molecule has 6 N–H and O–H groups in total. The Hall–Kier alpha value is -4.08. The first-order valence-corrected chi connectivity index (χ1v) is 12.6. The standard InChI is InChI=1S/C27H36N6O4/c28-24(29)20-6-10-22(11-7-20)36-18-4-2-1-3-14-32-16-17-33(27(35)26(32)34)15-5-19-37-23-12-8-21(9-13-23)25(30)31/h6-13H,1-5,14-19H2,(H3,28,29)(H3,30,31). The van der Waals surface area contributed by atoms with Crippen molar-refractivity contribution >= 4 is 23.5 Å². The number of nitrogens with two attached hydrogens (primary N) is 2. The molecule has 0 aliphatic carbocycles. The van der Waals surface area contributed by atoms with E-state index in [4.69, 9.17) is 31.8 Å². The number of piperazine rings is 1. The van der Waals surface area contributed by atoms with Gasteiger partial charge in [-0.25, -0.2) is 0 Å². The van der Waals surface area contributed by atoms with Crippen molar-refractivity contribution in [3.05, 3.63) is 59.7 Å². The van der Waals surface area contributed by atoms with Crippen molar-refractivity contribution in [2.45, 2.75) is 32.1 Å². The van der Waals surface area contributed by atoms with Crippen molar-refractivity contribution in [3.63, 3.8) is 0 Å². The molecule has 0 radical (unpaired) electrons. The normalized spacial score (nSPS) is 13.5. The smallest absolute Gasteiger partial charge is 0.312 e. The van der Waals surface area contributed by atoms with Crippen LogP contribution in [0.4, 0.5) is 0 Å². The van der Waals surface area contributed by atoms with E-state index in [2.05, 4.69) is 0 Å². The topological polar surface area (TPSA) is 159 Å². The number of carbonyl (C=O) groups excluding carboxylic acids is 2. The molecule has 2 aromatic carbocycles. The fraction of sp³-hybridized carbons (Fsp3) is 0.407. The number of carbonyl (C=O) groups is 2. The molecule has 198 valence electrons. The van der Waals surface area contributed by atoms with Gasteiger partial charge in [-0.3, -0.25) is 20.4 Å². The molecule has 10 heteroatoms. The number of hydrogen-bond donors (Lipinski definition) is 4. The molecule has 1 heterocycles. The maximum absolute atomic E-state index is 12.5. The van der Waals surface area contributed by atoms with E-state index in [0.29, 0.717) is 62.7 Å². The van der Waals surface area contributed by atoms with Gasteiger partial charge in [0.05, 0.1) is 13.2 Å². The van der Waals surface area contributed by atoms with Crippen LogP contribution in [0.15, 0.2) is 48.5 Å². The van der Waals surface area contributed by atoms with Crippen molar-refractivity contribution in [1.29, 1.82) is 10.8 Å². The van der Waals surface area contributed by atoms with Gasteiger partial charge in [0, 0.05) is 37.3 Å². The average molecular weight is 509 g/mol. The first kappa shape index (κ1) is 27.5. The lowest BCUT2D eigenvalue weighted by Crippen LogP contribution is -2.54. The van der Waals surface area contributed by atoms with E-state index in [1.54, 1.807) is 58.3 Å². The predicted molar refractivity (Wildman–Crippen MR) is 142 cm³/mol. The summed E-state index contributed by atoms with van der Waals surface area (Å²) >= 11 is 0. The van der Waals surface area contributed by atoms with E-state index in [1.807, 2.05) is 0 Å². The summed E-state index contributed by atoms with van der Waals surface area (Å²) in [6.07, 6.45) is 4.31. The van der Waals surface area contributed by atoms with Gasteiger partial charge in [0.2, 0.25) is 0 Å². The summed E-state index contributed by atoms with van der Waals surface area (Å²) in [6, 6.07) is 14.1. The van der Waals surface area contributed by atoms with Crippen LogP contribution in [0.3, 0.4) is 0 Å². The zero-order valence-electron chi connectivity index (χ0n) is 21.1. The number of hydrogen-bond acceptors (Lipinski definition) is 6. The summed E-state index contributed by atoms with van der Waals surface area (Å²) in [6.45, 7) is 3.18. The van der Waals surface area contributed by atoms with Crippen LogP contribution in [-0.2, 0) is 9.59 Å². The Labute approximate surface area is 217 Å². The van der Waals surface area contributed by atoms with Gasteiger partial charge in [-0.15, -0.1) is 0 Å². The Morgan fingerprint density at radius 1 is 0.649 bits per heavy atom. The summed E-state index contributed by atoms with van der Waals surface area (Å²) in [5.41, 5.74) is 12.2. The fourth-order valence-corrected chi connectivity index (χ4v) is 4.00. The van der Waals surface area contributed by atoms with Gasteiger partial charge in [-0.2, -0.15) is 0 Å². The van der Waals surface area contributed by atoms with Crippen molar-refractivity contribution in [3.8, 4) is 11.5 Å². The third-order valence-electron chi connectivity index (χ3n) is 6.16. The van der Waals surface area contributed by atoms with Gasteiger partial charge in [-0.05, 0) is 67.8 Å². The number of amides is 2. The Bertz CT molecular complexity index is 1070. The quantitative estimate of drug-likeness (QED) is 0.125. The van der Waals surface area contributed by atoms with E-state index in [1.165, 1.54) is 0 Å². The lowest BCUT2D eigenvalue weighted by molar-refractivity contribution is -0.156. The molecule has 1 saturated heterocycles. The Morgan fingerprint density at radius 3 is 1.51 bits per heavy atom. The molecule has 1 aliphatic heterocycles. The number of nitrogens with one attached hydrogen (secondary N) is 2. The molecule has 1 fully saturated rings. The molecule has 0 saturated carbocycles. The third kappa shape index (κ3) is 8.52. The van der Waals surface area contributed by atoms with Crippen LogP contribution < -0.4 is 20.9 Å². The first-order chi connectivity index (χ1) is 17.8. The summed E-state index contributed by atoms with van der Waals surface area (Å²) < 4.78 is 11.4. The minimum absolute atomic E-state index is 0.00822. The molecule has 2 aromatic rings. The largest absolute Gasteiger partial charge is 0.494 e. The molecule has 0 unspecified atom stereocenters. The predicted octanol–water partition coefficient (Wildman–Crippen LogP) is 2.33. The van der Waals surface area contributed by atoms with E-state index >= 15 is 0 Å². The Balaban J connectivity index is 1.25. The van der Waals surface area contributed by atoms with Gasteiger partial charge < -0.3 is 30.7 Å². The van der Waals surface area contributed by atoms with Gasteiger partial charge in [0.1, 0.15) is 23.2 Å². The fourth-order valence-electron chi connectivity index (χ4n) is 4.00. The zero-order chi connectivity index (χ0) is 26.6. The van der Waals surface area contributed by atoms with Crippen LogP contribution in [0.5, 0.6) is 11.5 Å². The number of ether oxygens (including phenoxy) is 2. The Morgan fingerprint density at radius 2 is 1.05 bits per heavy atom. The second-order valence-corrected chi connectivity index (χ2v) is 8.93. The first-order valence-electron chi connectivity index (χ1n) is 12.6. The van der Waals surface area contributed by atoms with Crippen LogP contribution in [0, 0.1) is 10.8 Å². The number of nitrogens with zero attached hydrogens (tertiary/aromatic N) is 2. The lowest BCUT2D eigenvalue weighted by Gasteiger charge is -2.33. The number of rotatable bonds is 15. The highest BCUT2D eigenvalue weighted by Crippen LogP contribution is 2.14. The zero-order valence-corrected chi connectivity index (χ0v) is 21.1. The second-order valence-electron chi connectivity index (χ2n) is 8.93. The molecular formula is C27H36N6O4. The molecule has 0 spiro atoms. The lowest BCUT2D eigenvalue weighted by atomic mass is 10.1. The van der Waals surface area contributed by atoms with Crippen LogP contribution in [0.25, 0.3) is 0 Å². The number of unbranched alkanes of at least 4 members (excludes halogenated alkanes) is 3. The molecule has 3 rings (SSSR count). The molecule has 37 heavy (non-hydrogen) atoms. The van der Waals surface area contributed by atoms with Gasteiger partial charge in [-0.1, -0.05) is 12.8 Å². The average Bonchev–Trinajstić information content (AvgIpc) is 2.89. The summed E-state index contributed by atoms with van der Waals surface area (Å²) in [5, 5.41) is 14.8. The van der Waals surface area contributed by atoms with Crippen LogP contribution >= 0.6 is 0 Å². The molecule has 0 atom stereocenters. The summed E-state index contributed by atoms with van der Waals surface area (Å²) in [7, 11) is 0. The van der Waals surface area contributed by atoms with Crippen molar-refractivity contribution in [2.24, 2.45) is 11.5 Å². The van der Waals surface area contributed by atoms with Crippen molar-refractivity contribution in [1.82, 2.24) is 9.80 Å². The van der Waals surface area contributed by atoms with E-state index in [9.17, 15) is 9.59 Å². The summed E-state index contributed by atoms with van der Waals surface area (Å²) in [5.74, 6) is 0.599. The van der Waals surface area contributed by atoms with Crippen molar-refractivity contribution in [2.75, 3.05) is 39.4 Å². The number of benzene rings is 2. The maximum Gasteiger partial charge on any atom is 0.312 e.